The molecule has 0 radical (unpaired) electrons. The molecule has 0 amide bonds. The average Bonchev–Trinajstić information content (AvgIpc) is 2.46. The van der Waals surface area contributed by atoms with E-state index in [9.17, 15) is 9.50 Å². The van der Waals surface area contributed by atoms with E-state index < -0.39 is 6.10 Å². The van der Waals surface area contributed by atoms with Crippen LogP contribution in [-0.2, 0) is 0 Å². The van der Waals surface area contributed by atoms with Crippen LogP contribution in [0.4, 0.5) is 10.1 Å². The van der Waals surface area contributed by atoms with Gasteiger partial charge in [0.1, 0.15) is 11.6 Å². The number of hydrogen-bond acceptors (Lipinski definition) is 3. The van der Waals surface area contributed by atoms with Gasteiger partial charge < -0.3 is 15.2 Å². The predicted octanol–water partition coefficient (Wildman–Crippen LogP) is 3.74. The lowest BCUT2D eigenvalue weighted by atomic mass is 10.1. The molecule has 0 aliphatic rings. The molecule has 0 aromatic heterocycles. The Labute approximate surface area is 125 Å². The molecule has 2 N–H and O–H groups in total. The zero-order valence-electron chi connectivity index (χ0n) is 10.9. The van der Waals surface area contributed by atoms with E-state index in [0.717, 1.165) is 5.56 Å². The molecule has 0 saturated carbocycles. The van der Waals surface area contributed by atoms with Gasteiger partial charge in [-0.25, -0.2) is 4.39 Å². The Morgan fingerprint density at radius 1 is 1.30 bits per heavy atom. The Morgan fingerprint density at radius 3 is 2.80 bits per heavy atom. The number of aliphatic hydroxyl groups excluding tert-OH is 1. The van der Waals surface area contributed by atoms with Crippen molar-refractivity contribution in [1.82, 2.24) is 0 Å². The summed E-state index contributed by atoms with van der Waals surface area (Å²) in [5, 5.41) is 13.0. The highest BCUT2D eigenvalue weighted by molar-refractivity contribution is 9.10. The van der Waals surface area contributed by atoms with Crippen molar-refractivity contribution in [2.45, 2.75) is 6.10 Å². The fourth-order valence-corrected chi connectivity index (χ4v) is 2.14. The minimum Gasteiger partial charge on any atom is -0.497 e. The third kappa shape index (κ3) is 3.71. The number of hydrogen-bond donors (Lipinski definition) is 2. The second-order valence-corrected chi connectivity index (χ2v) is 5.21. The molecular formula is C15H15BrFNO2. The van der Waals surface area contributed by atoms with E-state index in [1.54, 1.807) is 43.5 Å². The van der Waals surface area contributed by atoms with Gasteiger partial charge in [0.2, 0.25) is 0 Å². The highest BCUT2D eigenvalue weighted by Crippen LogP contribution is 2.22. The molecule has 0 aliphatic carbocycles. The number of nitrogens with one attached hydrogen (secondary N) is 1. The van der Waals surface area contributed by atoms with Crippen LogP contribution in [0, 0.1) is 5.82 Å². The third-order valence-corrected chi connectivity index (χ3v) is 3.39. The van der Waals surface area contributed by atoms with Gasteiger partial charge in [-0.3, -0.25) is 0 Å². The van der Waals surface area contributed by atoms with Crippen LogP contribution in [0.25, 0.3) is 0 Å². The minimum absolute atomic E-state index is 0.214. The number of anilines is 1. The SMILES string of the molecule is COc1cccc(C(O)CNc2ccc(Br)cc2F)c1. The van der Waals surface area contributed by atoms with Crippen LogP contribution in [0.5, 0.6) is 5.75 Å². The van der Waals surface area contributed by atoms with E-state index in [2.05, 4.69) is 21.2 Å². The van der Waals surface area contributed by atoms with Gasteiger partial charge in [-0.2, -0.15) is 0 Å². The lowest BCUT2D eigenvalue weighted by Crippen LogP contribution is -2.13. The van der Waals surface area contributed by atoms with E-state index in [1.165, 1.54) is 6.07 Å². The first-order valence-corrected chi connectivity index (χ1v) is 6.90. The van der Waals surface area contributed by atoms with Gasteiger partial charge in [0, 0.05) is 11.0 Å². The van der Waals surface area contributed by atoms with Gasteiger partial charge in [-0.1, -0.05) is 28.1 Å². The molecule has 5 heteroatoms. The molecule has 2 aromatic rings. The predicted molar refractivity (Wildman–Crippen MR) is 80.5 cm³/mol. The van der Waals surface area contributed by atoms with Crippen LogP contribution in [0.3, 0.4) is 0 Å². The smallest absolute Gasteiger partial charge is 0.147 e. The normalized spacial score (nSPS) is 12.0. The molecule has 2 aromatic carbocycles. The summed E-state index contributed by atoms with van der Waals surface area (Å²) in [5.74, 6) is 0.314. The lowest BCUT2D eigenvalue weighted by Gasteiger charge is -2.14. The van der Waals surface area contributed by atoms with Crippen molar-refractivity contribution in [3.05, 3.63) is 58.3 Å². The number of aliphatic hydroxyl groups is 1. The van der Waals surface area contributed by atoms with Crippen LogP contribution in [0.2, 0.25) is 0 Å². The van der Waals surface area contributed by atoms with Crippen LogP contribution in [0.15, 0.2) is 46.9 Å². The Kier molecular flexibility index (Phi) is 4.98. The summed E-state index contributed by atoms with van der Waals surface area (Å²) in [6.45, 7) is 0.214. The summed E-state index contributed by atoms with van der Waals surface area (Å²) in [4.78, 5) is 0. The summed E-state index contributed by atoms with van der Waals surface area (Å²) in [5.41, 5.74) is 1.07. The van der Waals surface area contributed by atoms with Crippen LogP contribution in [0.1, 0.15) is 11.7 Å². The standard InChI is InChI=1S/C15H15BrFNO2/c1-20-12-4-2-3-10(7-12)15(19)9-18-14-6-5-11(16)8-13(14)17/h2-8,15,18-19H,9H2,1H3. The maximum absolute atomic E-state index is 13.6. The summed E-state index contributed by atoms with van der Waals surface area (Å²) in [7, 11) is 1.57. The van der Waals surface area contributed by atoms with E-state index in [4.69, 9.17) is 4.74 Å². The van der Waals surface area contributed by atoms with Crippen molar-refractivity contribution in [2.75, 3.05) is 19.0 Å². The summed E-state index contributed by atoms with van der Waals surface area (Å²) in [6.07, 6.45) is -0.742. The van der Waals surface area contributed by atoms with Crippen molar-refractivity contribution in [1.29, 1.82) is 0 Å². The summed E-state index contributed by atoms with van der Waals surface area (Å²) in [6, 6.07) is 11.9. The molecular weight excluding hydrogens is 325 g/mol. The van der Waals surface area contributed by atoms with Crippen molar-refractivity contribution >= 4 is 21.6 Å². The zero-order chi connectivity index (χ0) is 14.5. The van der Waals surface area contributed by atoms with Crippen molar-refractivity contribution in [3.63, 3.8) is 0 Å². The van der Waals surface area contributed by atoms with Gasteiger partial charge >= 0.3 is 0 Å². The second-order valence-electron chi connectivity index (χ2n) is 4.30. The van der Waals surface area contributed by atoms with Gasteiger partial charge in [0.15, 0.2) is 0 Å². The molecule has 106 valence electrons. The highest BCUT2D eigenvalue weighted by Gasteiger charge is 2.10. The van der Waals surface area contributed by atoms with Crippen molar-refractivity contribution in [2.24, 2.45) is 0 Å². The summed E-state index contributed by atoms with van der Waals surface area (Å²) >= 11 is 3.20. The third-order valence-electron chi connectivity index (χ3n) is 2.90. The molecule has 2 rings (SSSR count). The van der Waals surface area contributed by atoms with E-state index in [1.807, 2.05) is 0 Å². The number of methoxy groups -OCH3 is 1. The fourth-order valence-electron chi connectivity index (χ4n) is 1.81. The van der Waals surface area contributed by atoms with E-state index in [0.29, 0.717) is 15.9 Å². The molecule has 3 nitrogen and oxygen atoms in total. The number of rotatable bonds is 5. The van der Waals surface area contributed by atoms with Crippen molar-refractivity contribution in [3.8, 4) is 5.75 Å². The van der Waals surface area contributed by atoms with Crippen LogP contribution in [-0.4, -0.2) is 18.8 Å². The fraction of sp³-hybridized carbons (Fsp3) is 0.200. The molecule has 0 aliphatic heterocycles. The molecule has 0 heterocycles. The van der Waals surface area contributed by atoms with Gasteiger partial charge in [-0.15, -0.1) is 0 Å². The number of ether oxygens (including phenoxy) is 1. The number of benzene rings is 2. The Balaban J connectivity index is 2.02. The zero-order valence-corrected chi connectivity index (χ0v) is 12.5. The number of halogens is 2. The maximum Gasteiger partial charge on any atom is 0.147 e. The molecule has 20 heavy (non-hydrogen) atoms. The second kappa shape index (κ2) is 6.72. The first kappa shape index (κ1) is 14.8. The van der Waals surface area contributed by atoms with Crippen LogP contribution >= 0.6 is 15.9 Å². The first-order valence-electron chi connectivity index (χ1n) is 6.11. The van der Waals surface area contributed by atoms with Gasteiger partial charge in [-0.05, 0) is 35.9 Å². The van der Waals surface area contributed by atoms with E-state index >= 15 is 0 Å². The molecule has 0 fully saturated rings. The monoisotopic (exact) mass is 339 g/mol. The van der Waals surface area contributed by atoms with Gasteiger partial charge in [0.05, 0.1) is 18.9 Å². The van der Waals surface area contributed by atoms with Crippen LogP contribution < -0.4 is 10.1 Å². The molecule has 0 bridgehead atoms. The Hall–Kier alpha value is -1.59. The first-order chi connectivity index (χ1) is 9.60. The van der Waals surface area contributed by atoms with Crippen molar-refractivity contribution < 1.29 is 14.2 Å². The summed E-state index contributed by atoms with van der Waals surface area (Å²) < 4.78 is 19.4. The average molecular weight is 340 g/mol. The minimum atomic E-state index is -0.742. The maximum atomic E-state index is 13.6. The van der Waals surface area contributed by atoms with E-state index in [-0.39, 0.29) is 12.4 Å². The lowest BCUT2D eigenvalue weighted by molar-refractivity contribution is 0.191. The largest absolute Gasteiger partial charge is 0.497 e. The highest BCUT2D eigenvalue weighted by atomic mass is 79.9. The topological polar surface area (TPSA) is 41.5 Å². The van der Waals surface area contributed by atoms with Gasteiger partial charge in [0.25, 0.3) is 0 Å². The molecule has 1 atom stereocenters. The molecule has 1 unspecified atom stereocenters. The quantitative estimate of drug-likeness (QED) is 0.871. The Morgan fingerprint density at radius 2 is 2.10 bits per heavy atom. The molecule has 0 spiro atoms. The Bertz CT molecular complexity index is 592. The molecule has 0 saturated heterocycles.